The molecule has 1 aliphatic heterocycles. The second-order valence-electron chi connectivity index (χ2n) is 6.15. The van der Waals surface area contributed by atoms with Crippen LogP contribution in [0.5, 0.6) is 0 Å². The molecule has 1 atom stereocenters. The summed E-state index contributed by atoms with van der Waals surface area (Å²) in [5, 5.41) is 4.22. The van der Waals surface area contributed by atoms with Crippen molar-refractivity contribution < 1.29 is 14.3 Å². The highest BCUT2D eigenvalue weighted by Crippen LogP contribution is 2.19. The third-order valence-corrected chi connectivity index (χ3v) is 4.35. The van der Waals surface area contributed by atoms with E-state index in [1.807, 2.05) is 6.07 Å². The minimum Gasteiger partial charge on any atom is -0.466 e. The van der Waals surface area contributed by atoms with Gasteiger partial charge in [0, 0.05) is 19.2 Å². The second-order valence-corrected chi connectivity index (χ2v) is 6.15. The van der Waals surface area contributed by atoms with Crippen LogP contribution in [0.1, 0.15) is 30.3 Å². The molecule has 0 N–H and O–H groups in total. The number of benzene rings is 1. The van der Waals surface area contributed by atoms with Crippen LogP contribution in [-0.2, 0) is 9.53 Å². The monoisotopic (exact) mass is 355 g/mol. The first kappa shape index (κ1) is 17.8. The highest BCUT2D eigenvalue weighted by atomic mass is 16.5. The highest BCUT2D eigenvalue weighted by Gasteiger charge is 2.30. The normalized spacial score (nSPS) is 17.0. The lowest BCUT2D eigenvalue weighted by Gasteiger charge is -2.31. The van der Waals surface area contributed by atoms with Gasteiger partial charge in [0.15, 0.2) is 0 Å². The van der Waals surface area contributed by atoms with Gasteiger partial charge >= 0.3 is 5.97 Å². The number of hydrogen-bond acceptors (Lipinski definition) is 5. The zero-order valence-corrected chi connectivity index (χ0v) is 14.6. The summed E-state index contributed by atoms with van der Waals surface area (Å²) in [5.41, 5.74) is 0.462. The number of nitrogens with zero attached hydrogens (tertiary/aromatic N) is 3. The van der Waals surface area contributed by atoms with E-state index in [-0.39, 0.29) is 29.0 Å². The van der Waals surface area contributed by atoms with Crippen LogP contribution in [0.15, 0.2) is 47.3 Å². The SMILES string of the molecule is CCOC(=O)C1CCCN(C(=O)c2ccc(=O)n(-c3ccccc3)n2)C1. The summed E-state index contributed by atoms with van der Waals surface area (Å²) in [5.74, 6) is -0.872. The highest BCUT2D eigenvalue weighted by molar-refractivity contribution is 5.92. The van der Waals surface area contributed by atoms with E-state index in [0.717, 1.165) is 6.42 Å². The molecule has 0 saturated carbocycles. The molecule has 136 valence electrons. The molecular formula is C19H21N3O4. The molecule has 7 heteroatoms. The number of rotatable bonds is 4. The van der Waals surface area contributed by atoms with E-state index >= 15 is 0 Å². The largest absolute Gasteiger partial charge is 0.466 e. The Morgan fingerprint density at radius 3 is 2.69 bits per heavy atom. The van der Waals surface area contributed by atoms with Gasteiger partial charge in [-0.2, -0.15) is 9.78 Å². The molecule has 3 rings (SSSR count). The molecule has 1 saturated heterocycles. The number of piperidine rings is 1. The van der Waals surface area contributed by atoms with Crippen LogP contribution in [0.25, 0.3) is 5.69 Å². The molecule has 1 unspecified atom stereocenters. The van der Waals surface area contributed by atoms with Crippen molar-refractivity contribution in [3.63, 3.8) is 0 Å². The van der Waals surface area contributed by atoms with Gasteiger partial charge in [-0.15, -0.1) is 0 Å². The Bertz CT molecular complexity index is 847. The van der Waals surface area contributed by atoms with E-state index in [0.29, 0.717) is 31.8 Å². The molecule has 2 heterocycles. The van der Waals surface area contributed by atoms with E-state index < -0.39 is 0 Å². The van der Waals surface area contributed by atoms with Crippen LogP contribution in [0, 0.1) is 5.92 Å². The lowest BCUT2D eigenvalue weighted by molar-refractivity contribution is -0.149. The molecule has 1 fully saturated rings. The fraction of sp³-hybridized carbons (Fsp3) is 0.368. The molecule has 0 spiro atoms. The molecule has 0 bridgehead atoms. The molecule has 1 aromatic carbocycles. The van der Waals surface area contributed by atoms with Gasteiger partial charge in [-0.3, -0.25) is 14.4 Å². The fourth-order valence-electron chi connectivity index (χ4n) is 3.06. The summed E-state index contributed by atoms with van der Waals surface area (Å²) in [7, 11) is 0. The fourth-order valence-corrected chi connectivity index (χ4v) is 3.06. The van der Waals surface area contributed by atoms with Crippen LogP contribution in [0.2, 0.25) is 0 Å². The zero-order valence-electron chi connectivity index (χ0n) is 14.6. The van der Waals surface area contributed by atoms with Crippen molar-refractivity contribution in [3.05, 3.63) is 58.5 Å². The number of para-hydroxylation sites is 1. The van der Waals surface area contributed by atoms with Crippen LogP contribution in [0.3, 0.4) is 0 Å². The molecule has 26 heavy (non-hydrogen) atoms. The lowest BCUT2D eigenvalue weighted by Crippen LogP contribution is -2.43. The van der Waals surface area contributed by atoms with Gasteiger partial charge in [-0.1, -0.05) is 18.2 Å². The Labute approximate surface area is 151 Å². The maximum atomic E-state index is 12.8. The quantitative estimate of drug-likeness (QED) is 0.779. The van der Waals surface area contributed by atoms with E-state index in [1.54, 1.807) is 36.1 Å². The number of aromatic nitrogens is 2. The van der Waals surface area contributed by atoms with Crippen LogP contribution in [-0.4, -0.2) is 46.3 Å². The third kappa shape index (κ3) is 3.82. The molecular weight excluding hydrogens is 334 g/mol. The van der Waals surface area contributed by atoms with E-state index in [4.69, 9.17) is 4.74 Å². The molecule has 1 amide bonds. The minimum absolute atomic E-state index is 0.179. The van der Waals surface area contributed by atoms with Crippen molar-refractivity contribution in [3.8, 4) is 5.69 Å². The summed E-state index contributed by atoms with van der Waals surface area (Å²) in [4.78, 5) is 38.5. The van der Waals surface area contributed by atoms with Crippen molar-refractivity contribution in [1.29, 1.82) is 0 Å². The first-order valence-electron chi connectivity index (χ1n) is 8.72. The molecule has 0 aliphatic carbocycles. The number of ether oxygens (including phenoxy) is 1. The van der Waals surface area contributed by atoms with Gasteiger partial charge in [-0.25, -0.2) is 0 Å². The molecule has 0 radical (unpaired) electrons. The zero-order chi connectivity index (χ0) is 18.5. The average Bonchev–Trinajstić information content (AvgIpc) is 2.69. The van der Waals surface area contributed by atoms with Gasteiger partial charge in [0.1, 0.15) is 5.69 Å². The van der Waals surface area contributed by atoms with E-state index in [2.05, 4.69) is 5.10 Å². The van der Waals surface area contributed by atoms with Gasteiger partial charge in [0.2, 0.25) is 0 Å². The van der Waals surface area contributed by atoms with Gasteiger partial charge in [-0.05, 0) is 38.0 Å². The maximum Gasteiger partial charge on any atom is 0.310 e. The minimum atomic E-state index is -0.312. The molecule has 2 aromatic rings. The maximum absolute atomic E-state index is 12.8. The summed E-state index contributed by atoms with van der Waals surface area (Å²) in [6.07, 6.45) is 1.44. The standard InChI is InChI=1S/C19H21N3O4/c1-2-26-19(25)14-7-6-12-21(13-14)18(24)16-10-11-17(23)22(20-16)15-8-4-3-5-9-15/h3-5,8-11,14H,2,6-7,12-13H2,1H3. The summed E-state index contributed by atoms with van der Waals surface area (Å²) >= 11 is 0. The number of esters is 1. The number of amides is 1. The number of carbonyl (C=O) groups excluding carboxylic acids is 2. The third-order valence-electron chi connectivity index (χ3n) is 4.35. The van der Waals surface area contributed by atoms with Crippen molar-refractivity contribution in [1.82, 2.24) is 14.7 Å². The van der Waals surface area contributed by atoms with Gasteiger partial charge in [0.25, 0.3) is 11.5 Å². The number of hydrogen-bond donors (Lipinski definition) is 0. The van der Waals surface area contributed by atoms with Crippen molar-refractivity contribution in [2.45, 2.75) is 19.8 Å². The number of likely N-dealkylation sites (tertiary alicyclic amines) is 1. The summed E-state index contributed by atoms with van der Waals surface area (Å²) in [6.45, 7) is 2.96. The van der Waals surface area contributed by atoms with Crippen molar-refractivity contribution in [2.75, 3.05) is 19.7 Å². The van der Waals surface area contributed by atoms with Crippen molar-refractivity contribution >= 4 is 11.9 Å². The van der Waals surface area contributed by atoms with Gasteiger partial charge in [0.05, 0.1) is 18.2 Å². The topological polar surface area (TPSA) is 81.5 Å². The Kier molecular flexibility index (Phi) is 5.46. The lowest BCUT2D eigenvalue weighted by atomic mass is 9.98. The predicted octanol–water partition coefficient (Wildman–Crippen LogP) is 1.65. The molecule has 1 aliphatic rings. The first-order valence-corrected chi connectivity index (χ1v) is 8.72. The second kappa shape index (κ2) is 7.95. The molecule has 1 aromatic heterocycles. The Hall–Kier alpha value is -2.96. The Balaban J connectivity index is 1.82. The average molecular weight is 355 g/mol. The van der Waals surface area contributed by atoms with Crippen LogP contribution in [0.4, 0.5) is 0 Å². The first-order chi connectivity index (χ1) is 12.6. The smallest absolute Gasteiger partial charge is 0.310 e. The summed E-state index contributed by atoms with van der Waals surface area (Å²) < 4.78 is 6.28. The number of carbonyl (C=O) groups is 2. The van der Waals surface area contributed by atoms with Crippen molar-refractivity contribution in [2.24, 2.45) is 5.92 Å². The Morgan fingerprint density at radius 2 is 1.96 bits per heavy atom. The van der Waals surface area contributed by atoms with E-state index in [9.17, 15) is 14.4 Å². The molecule has 7 nitrogen and oxygen atoms in total. The predicted molar refractivity (Wildman–Crippen MR) is 95.1 cm³/mol. The van der Waals surface area contributed by atoms with Gasteiger partial charge < -0.3 is 9.64 Å². The van der Waals surface area contributed by atoms with E-state index in [1.165, 1.54) is 16.8 Å². The summed E-state index contributed by atoms with van der Waals surface area (Å²) in [6, 6.07) is 11.7. The Morgan fingerprint density at radius 1 is 1.19 bits per heavy atom. The van der Waals surface area contributed by atoms with Crippen LogP contribution >= 0.6 is 0 Å². The van der Waals surface area contributed by atoms with Crippen LogP contribution < -0.4 is 5.56 Å².